The van der Waals surface area contributed by atoms with Crippen molar-refractivity contribution in [3.63, 3.8) is 0 Å². The fourth-order valence-electron chi connectivity index (χ4n) is 2.93. The summed E-state index contributed by atoms with van der Waals surface area (Å²) in [5.41, 5.74) is 3.83. The minimum absolute atomic E-state index is 0.188. The van der Waals surface area contributed by atoms with Crippen molar-refractivity contribution in [1.82, 2.24) is 4.90 Å². The van der Waals surface area contributed by atoms with Crippen LogP contribution in [0.15, 0.2) is 33.5 Å². The Hall–Kier alpha value is -1.30. The van der Waals surface area contributed by atoms with E-state index in [1.807, 2.05) is 0 Å². The highest BCUT2D eigenvalue weighted by Crippen LogP contribution is 2.43. The molecule has 0 saturated heterocycles. The molecule has 0 unspecified atom stereocenters. The number of benzene rings is 1. The molecule has 0 amide bonds. The lowest BCUT2D eigenvalue weighted by Crippen LogP contribution is -2.20. The number of nitrogens with zero attached hydrogens (tertiary/aromatic N) is 2. The molecule has 1 aromatic carbocycles. The van der Waals surface area contributed by atoms with E-state index in [0.29, 0.717) is 6.42 Å². The summed E-state index contributed by atoms with van der Waals surface area (Å²) < 4.78 is 1.33. The normalized spacial score (nSPS) is 17.8. The maximum Gasteiger partial charge on any atom is 0.168 e. The zero-order valence-electron chi connectivity index (χ0n) is 11.8. The minimum Gasteiger partial charge on any atom is -0.396 e. The van der Waals surface area contributed by atoms with Crippen molar-refractivity contribution in [1.29, 1.82) is 0 Å². The average molecular weight is 316 g/mol. The van der Waals surface area contributed by atoms with Crippen LogP contribution in [0, 0.1) is 6.92 Å². The lowest BCUT2D eigenvalue weighted by Gasteiger charge is -2.17. The maximum absolute atomic E-state index is 9.33. The second-order valence-electron chi connectivity index (χ2n) is 5.29. The highest BCUT2D eigenvalue weighted by atomic mass is 32.2. The number of aliphatic hydroxyl groups is 1. The summed E-state index contributed by atoms with van der Waals surface area (Å²) in [4.78, 5) is 8.10. The van der Waals surface area contributed by atoms with Crippen molar-refractivity contribution in [3.8, 4) is 0 Å². The van der Waals surface area contributed by atoms with Gasteiger partial charge in [-0.2, -0.15) is 0 Å². The standard InChI is InChI=1S/C16H16N2OS2/c1-10-9-20-14-8-11(2-3-12(10)14)15-13(4-7-19)21-16-17-5-6-18(15)16/h2-3,8-9,19H,4-7H2,1H3. The van der Waals surface area contributed by atoms with Gasteiger partial charge in [0, 0.05) is 34.7 Å². The van der Waals surface area contributed by atoms with E-state index in [1.54, 1.807) is 23.1 Å². The maximum atomic E-state index is 9.33. The van der Waals surface area contributed by atoms with Gasteiger partial charge in [0.25, 0.3) is 0 Å². The van der Waals surface area contributed by atoms with Crippen LogP contribution in [-0.2, 0) is 0 Å². The monoisotopic (exact) mass is 316 g/mol. The summed E-state index contributed by atoms with van der Waals surface area (Å²) in [7, 11) is 0. The zero-order valence-corrected chi connectivity index (χ0v) is 13.4. The highest BCUT2D eigenvalue weighted by Gasteiger charge is 2.32. The molecule has 3 nitrogen and oxygen atoms in total. The molecule has 0 saturated carbocycles. The number of aryl methyl sites for hydroxylation is 1. The first kappa shape index (κ1) is 13.4. The summed E-state index contributed by atoms with van der Waals surface area (Å²) in [5, 5.41) is 14.0. The summed E-state index contributed by atoms with van der Waals surface area (Å²) in [5.74, 6) is 0. The number of aliphatic imine (C=N–C) groups is 1. The largest absolute Gasteiger partial charge is 0.396 e. The van der Waals surface area contributed by atoms with Crippen molar-refractivity contribution in [2.24, 2.45) is 4.99 Å². The van der Waals surface area contributed by atoms with Crippen molar-refractivity contribution < 1.29 is 5.11 Å². The van der Waals surface area contributed by atoms with Gasteiger partial charge in [0.2, 0.25) is 0 Å². The number of fused-ring (bicyclic) bond motifs is 2. The molecule has 4 rings (SSSR count). The van der Waals surface area contributed by atoms with E-state index in [-0.39, 0.29) is 6.61 Å². The summed E-state index contributed by atoms with van der Waals surface area (Å²) >= 11 is 3.52. The van der Waals surface area contributed by atoms with Gasteiger partial charge in [0.05, 0.1) is 12.2 Å². The molecule has 3 heterocycles. The Kier molecular flexibility index (Phi) is 3.28. The van der Waals surface area contributed by atoms with E-state index >= 15 is 0 Å². The SMILES string of the molecule is Cc1csc2cc(C3=C(CCO)SC4=NCCN43)ccc12. The van der Waals surface area contributed by atoms with E-state index in [4.69, 9.17) is 0 Å². The number of amidine groups is 1. The van der Waals surface area contributed by atoms with Crippen LogP contribution >= 0.6 is 23.1 Å². The third-order valence-corrected chi connectivity index (χ3v) is 6.17. The molecule has 0 fully saturated rings. The van der Waals surface area contributed by atoms with Crippen LogP contribution in [0.3, 0.4) is 0 Å². The van der Waals surface area contributed by atoms with E-state index in [0.717, 1.165) is 18.3 Å². The van der Waals surface area contributed by atoms with Crippen molar-refractivity contribution in [2.45, 2.75) is 13.3 Å². The van der Waals surface area contributed by atoms with Gasteiger partial charge in [0.1, 0.15) is 0 Å². The molecule has 21 heavy (non-hydrogen) atoms. The Labute approximate surface area is 132 Å². The van der Waals surface area contributed by atoms with Gasteiger partial charge in [0.15, 0.2) is 5.17 Å². The topological polar surface area (TPSA) is 35.8 Å². The Morgan fingerprint density at radius 1 is 1.38 bits per heavy atom. The number of thiophene rings is 1. The molecule has 2 aromatic rings. The Bertz CT molecular complexity index is 776. The third kappa shape index (κ3) is 2.11. The molecule has 2 aliphatic rings. The summed E-state index contributed by atoms with van der Waals surface area (Å²) in [6, 6.07) is 6.70. The van der Waals surface area contributed by atoms with Gasteiger partial charge in [-0.1, -0.05) is 23.9 Å². The van der Waals surface area contributed by atoms with E-state index in [2.05, 4.69) is 40.4 Å². The molecule has 0 bridgehead atoms. The zero-order chi connectivity index (χ0) is 14.4. The third-order valence-electron chi connectivity index (χ3n) is 3.93. The molecule has 1 N–H and O–H groups in total. The molecule has 0 atom stereocenters. The number of hydrogen-bond acceptors (Lipinski definition) is 5. The predicted octanol–water partition coefficient (Wildman–Crippen LogP) is 3.68. The fraction of sp³-hybridized carbons (Fsp3) is 0.312. The lowest BCUT2D eigenvalue weighted by molar-refractivity contribution is 0.301. The Morgan fingerprint density at radius 3 is 3.14 bits per heavy atom. The van der Waals surface area contributed by atoms with E-state index < -0.39 is 0 Å². The first-order chi connectivity index (χ1) is 10.3. The van der Waals surface area contributed by atoms with E-state index in [1.165, 1.54) is 31.8 Å². The molecule has 0 aliphatic carbocycles. The van der Waals surface area contributed by atoms with Crippen LogP contribution in [0.1, 0.15) is 17.5 Å². The number of thioether (sulfide) groups is 1. The molecular formula is C16H16N2OS2. The summed E-state index contributed by atoms with van der Waals surface area (Å²) in [6.45, 7) is 4.17. The number of aliphatic hydroxyl groups excluding tert-OH is 1. The molecule has 2 aliphatic heterocycles. The van der Waals surface area contributed by atoms with Crippen LogP contribution in [0.2, 0.25) is 0 Å². The lowest BCUT2D eigenvalue weighted by atomic mass is 10.1. The molecule has 108 valence electrons. The Balaban J connectivity index is 1.83. The second-order valence-corrected chi connectivity index (χ2v) is 7.27. The van der Waals surface area contributed by atoms with Gasteiger partial charge in [-0.05, 0) is 29.3 Å². The van der Waals surface area contributed by atoms with E-state index in [9.17, 15) is 5.11 Å². The first-order valence-corrected chi connectivity index (χ1v) is 8.79. The molecule has 0 radical (unpaired) electrons. The van der Waals surface area contributed by atoms with Crippen LogP contribution in [0.25, 0.3) is 15.8 Å². The van der Waals surface area contributed by atoms with Gasteiger partial charge >= 0.3 is 0 Å². The van der Waals surface area contributed by atoms with Gasteiger partial charge < -0.3 is 10.0 Å². The molecule has 5 heteroatoms. The predicted molar refractivity (Wildman–Crippen MR) is 91.8 cm³/mol. The number of rotatable bonds is 3. The fourth-order valence-corrected chi connectivity index (χ4v) is 5.10. The highest BCUT2D eigenvalue weighted by molar-refractivity contribution is 8.17. The van der Waals surface area contributed by atoms with Crippen LogP contribution in [-0.4, -0.2) is 34.9 Å². The van der Waals surface area contributed by atoms with Crippen LogP contribution in [0.4, 0.5) is 0 Å². The molecule has 1 aromatic heterocycles. The van der Waals surface area contributed by atoms with Crippen molar-refractivity contribution >= 4 is 44.0 Å². The minimum atomic E-state index is 0.188. The summed E-state index contributed by atoms with van der Waals surface area (Å²) in [6.07, 6.45) is 0.705. The molecule has 0 spiro atoms. The van der Waals surface area contributed by atoms with Gasteiger partial charge in [-0.15, -0.1) is 11.3 Å². The average Bonchev–Trinajstić information content (AvgIpc) is 3.14. The smallest absolute Gasteiger partial charge is 0.168 e. The molecular weight excluding hydrogens is 300 g/mol. The van der Waals surface area contributed by atoms with Crippen molar-refractivity contribution in [3.05, 3.63) is 39.6 Å². The number of hydrogen-bond donors (Lipinski definition) is 1. The van der Waals surface area contributed by atoms with Gasteiger partial charge in [-0.3, -0.25) is 4.99 Å². The first-order valence-electron chi connectivity index (χ1n) is 7.10. The van der Waals surface area contributed by atoms with Crippen molar-refractivity contribution in [2.75, 3.05) is 19.7 Å². The second kappa shape index (κ2) is 5.16. The van der Waals surface area contributed by atoms with Crippen LogP contribution < -0.4 is 0 Å². The Morgan fingerprint density at radius 2 is 2.29 bits per heavy atom. The van der Waals surface area contributed by atoms with Gasteiger partial charge in [-0.25, -0.2) is 0 Å². The quantitative estimate of drug-likeness (QED) is 0.938. The van der Waals surface area contributed by atoms with Crippen LogP contribution in [0.5, 0.6) is 0 Å².